The Bertz CT molecular complexity index is 958. The normalized spacial score (nSPS) is 15.8. The molecule has 130 valence electrons. The van der Waals surface area contributed by atoms with Gasteiger partial charge in [-0.15, -0.1) is 0 Å². The largest absolute Gasteiger partial charge is 0.360 e. The van der Waals surface area contributed by atoms with Crippen molar-refractivity contribution in [3.63, 3.8) is 0 Å². The number of nitrogens with one attached hydrogen (secondary N) is 1. The smallest absolute Gasteiger partial charge is 0.258 e. The van der Waals surface area contributed by atoms with Crippen LogP contribution in [-0.4, -0.2) is 15.8 Å². The van der Waals surface area contributed by atoms with Gasteiger partial charge < -0.3 is 10.2 Å². The molecule has 4 rings (SSSR count). The number of anilines is 1. The van der Waals surface area contributed by atoms with Crippen molar-refractivity contribution >= 4 is 23.2 Å². The molecular formula is C21H18ClN3O. The number of benzene rings is 2. The number of fused-ring (bicyclic) bond motifs is 1. The molecule has 0 aliphatic carbocycles. The molecule has 5 heteroatoms. The fraction of sp³-hybridized carbons (Fsp3) is 0.143. The molecule has 0 radical (unpaired) electrons. The molecule has 0 fully saturated rings. The highest BCUT2D eigenvalue weighted by molar-refractivity contribution is 6.30. The van der Waals surface area contributed by atoms with Gasteiger partial charge in [0.2, 0.25) is 0 Å². The summed E-state index contributed by atoms with van der Waals surface area (Å²) in [6.07, 6.45) is 1.40. The van der Waals surface area contributed by atoms with Crippen LogP contribution in [0.4, 0.5) is 5.69 Å². The molecular weight excluding hydrogens is 346 g/mol. The summed E-state index contributed by atoms with van der Waals surface area (Å²) < 4.78 is 0. The van der Waals surface area contributed by atoms with Crippen LogP contribution in [0.25, 0.3) is 0 Å². The third-order valence-corrected chi connectivity index (χ3v) is 4.81. The lowest BCUT2D eigenvalue weighted by atomic mass is 10.1. The van der Waals surface area contributed by atoms with Crippen LogP contribution in [0, 0.1) is 6.92 Å². The lowest BCUT2D eigenvalue weighted by Crippen LogP contribution is -2.32. The fourth-order valence-corrected chi connectivity index (χ4v) is 3.49. The maximum Gasteiger partial charge on any atom is 0.258 e. The first kappa shape index (κ1) is 16.6. The average Bonchev–Trinajstić information content (AvgIpc) is 2.91. The second kappa shape index (κ2) is 6.81. The standard InChI is InChI=1S/C21H18ClN3O/c1-14-12-16(22)9-10-18(14)24-20-19-17(8-5-11-23-19)21(26)25(20)13-15-6-3-2-4-7-15/h2-12,20,24H,13H2,1H3. The van der Waals surface area contributed by atoms with E-state index in [1.54, 1.807) is 12.3 Å². The Morgan fingerprint density at radius 2 is 1.92 bits per heavy atom. The van der Waals surface area contributed by atoms with E-state index >= 15 is 0 Å². The second-order valence-electron chi connectivity index (χ2n) is 6.36. The summed E-state index contributed by atoms with van der Waals surface area (Å²) in [5, 5.41) is 4.17. The van der Waals surface area contributed by atoms with Crippen molar-refractivity contribution in [2.75, 3.05) is 5.32 Å². The Kier molecular flexibility index (Phi) is 4.35. The van der Waals surface area contributed by atoms with Crippen molar-refractivity contribution in [1.29, 1.82) is 0 Å². The van der Waals surface area contributed by atoms with Gasteiger partial charge in [-0.3, -0.25) is 9.78 Å². The van der Waals surface area contributed by atoms with Crippen molar-refractivity contribution < 1.29 is 4.79 Å². The Morgan fingerprint density at radius 3 is 2.69 bits per heavy atom. The minimum absolute atomic E-state index is 0.0129. The summed E-state index contributed by atoms with van der Waals surface area (Å²) in [6.45, 7) is 2.51. The number of hydrogen-bond acceptors (Lipinski definition) is 3. The first-order valence-corrected chi connectivity index (χ1v) is 8.84. The SMILES string of the molecule is Cc1cc(Cl)ccc1NC1c2ncccc2C(=O)N1Cc1ccccc1. The minimum Gasteiger partial charge on any atom is -0.360 e. The monoisotopic (exact) mass is 363 g/mol. The zero-order chi connectivity index (χ0) is 18.1. The highest BCUT2D eigenvalue weighted by atomic mass is 35.5. The molecule has 1 aliphatic rings. The maximum absolute atomic E-state index is 13.0. The third-order valence-electron chi connectivity index (χ3n) is 4.58. The zero-order valence-corrected chi connectivity index (χ0v) is 15.1. The van der Waals surface area contributed by atoms with Crippen LogP contribution in [0.5, 0.6) is 0 Å². The Hall–Kier alpha value is -2.85. The van der Waals surface area contributed by atoms with E-state index in [9.17, 15) is 4.79 Å². The van der Waals surface area contributed by atoms with Crippen molar-refractivity contribution in [3.8, 4) is 0 Å². The molecule has 1 unspecified atom stereocenters. The maximum atomic E-state index is 13.0. The number of carbonyl (C=O) groups excluding carboxylic acids is 1. The number of pyridine rings is 1. The van der Waals surface area contributed by atoms with E-state index in [4.69, 9.17) is 11.6 Å². The van der Waals surface area contributed by atoms with Gasteiger partial charge in [0.15, 0.2) is 0 Å². The highest BCUT2D eigenvalue weighted by Gasteiger charge is 2.38. The first-order chi connectivity index (χ1) is 12.6. The van der Waals surface area contributed by atoms with Gasteiger partial charge in [-0.25, -0.2) is 0 Å². The van der Waals surface area contributed by atoms with Crippen molar-refractivity contribution in [1.82, 2.24) is 9.88 Å². The number of amides is 1. The van der Waals surface area contributed by atoms with Gasteiger partial charge in [0.1, 0.15) is 6.17 Å². The molecule has 4 nitrogen and oxygen atoms in total. The van der Waals surface area contributed by atoms with Crippen molar-refractivity contribution in [2.24, 2.45) is 0 Å². The summed E-state index contributed by atoms with van der Waals surface area (Å²) >= 11 is 6.07. The Morgan fingerprint density at radius 1 is 1.12 bits per heavy atom. The quantitative estimate of drug-likeness (QED) is 0.723. The molecule has 1 aliphatic heterocycles. The van der Waals surface area contributed by atoms with Crippen LogP contribution in [0.1, 0.15) is 33.3 Å². The van der Waals surface area contributed by atoms with E-state index in [1.165, 1.54) is 0 Å². The third kappa shape index (κ3) is 3.04. The molecule has 3 aromatic rings. The molecule has 1 amide bonds. The molecule has 0 bridgehead atoms. The number of hydrogen-bond donors (Lipinski definition) is 1. The van der Waals surface area contributed by atoms with E-state index in [2.05, 4.69) is 10.3 Å². The zero-order valence-electron chi connectivity index (χ0n) is 14.3. The fourth-order valence-electron chi connectivity index (χ4n) is 3.26. The van der Waals surface area contributed by atoms with Gasteiger partial charge in [0.25, 0.3) is 5.91 Å². The minimum atomic E-state index is -0.321. The van der Waals surface area contributed by atoms with Gasteiger partial charge in [-0.05, 0) is 48.4 Å². The van der Waals surface area contributed by atoms with Gasteiger partial charge in [-0.2, -0.15) is 0 Å². The number of aryl methyl sites for hydroxylation is 1. The first-order valence-electron chi connectivity index (χ1n) is 8.46. The predicted octanol–water partition coefficient (Wildman–Crippen LogP) is 4.81. The van der Waals surface area contributed by atoms with Gasteiger partial charge in [0.05, 0.1) is 11.3 Å². The van der Waals surface area contributed by atoms with E-state index < -0.39 is 0 Å². The van der Waals surface area contributed by atoms with Gasteiger partial charge in [0, 0.05) is 23.5 Å². The number of halogens is 1. The molecule has 2 heterocycles. The lowest BCUT2D eigenvalue weighted by molar-refractivity contribution is 0.0727. The summed E-state index contributed by atoms with van der Waals surface area (Å²) in [7, 11) is 0. The Labute approximate surface area is 157 Å². The number of rotatable bonds is 4. The molecule has 0 saturated carbocycles. The van der Waals surface area contributed by atoms with E-state index in [-0.39, 0.29) is 12.1 Å². The van der Waals surface area contributed by atoms with Crippen molar-refractivity contribution in [3.05, 3.63) is 94.3 Å². The lowest BCUT2D eigenvalue weighted by Gasteiger charge is -2.27. The highest BCUT2D eigenvalue weighted by Crippen LogP contribution is 2.35. The van der Waals surface area contributed by atoms with Crippen LogP contribution in [0.15, 0.2) is 66.9 Å². The van der Waals surface area contributed by atoms with Crippen molar-refractivity contribution in [2.45, 2.75) is 19.6 Å². The molecule has 2 aromatic carbocycles. The topological polar surface area (TPSA) is 45.2 Å². The molecule has 0 saturated heterocycles. The van der Waals surface area contributed by atoms with Crippen LogP contribution in [0.3, 0.4) is 0 Å². The second-order valence-corrected chi connectivity index (χ2v) is 6.80. The molecule has 1 aromatic heterocycles. The average molecular weight is 364 g/mol. The number of aromatic nitrogens is 1. The Balaban J connectivity index is 1.71. The van der Waals surface area contributed by atoms with Gasteiger partial charge >= 0.3 is 0 Å². The predicted molar refractivity (Wildman–Crippen MR) is 103 cm³/mol. The van der Waals surface area contributed by atoms with E-state index in [1.807, 2.05) is 66.4 Å². The summed E-state index contributed by atoms with van der Waals surface area (Å²) in [5.74, 6) is -0.0129. The molecule has 26 heavy (non-hydrogen) atoms. The van der Waals surface area contributed by atoms with Crippen LogP contribution < -0.4 is 5.32 Å². The summed E-state index contributed by atoms with van der Waals surface area (Å²) in [4.78, 5) is 19.3. The van der Waals surface area contributed by atoms with E-state index in [0.29, 0.717) is 17.1 Å². The van der Waals surface area contributed by atoms with E-state index in [0.717, 1.165) is 22.5 Å². The number of carbonyl (C=O) groups is 1. The van der Waals surface area contributed by atoms with Crippen LogP contribution in [0.2, 0.25) is 5.02 Å². The van der Waals surface area contributed by atoms with Crippen LogP contribution in [-0.2, 0) is 6.54 Å². The van der Waals surface area contributed by atoms with Crippen LogP contribution >= 0.6 is 11.6 Å². The summed E-state index contributed by atoms with van der Waals surface area (Å²) in [6, 6.07) is 19.3. The number of nitrogens with zero attached hydrogens (tertiary/aromatic N) is 2. The summed E-state index contributed by atoms with van der Waals surface area (Å²) in [5.41, 5.74) is 4.43. The molecule has 1 atom stereocenters. The molecule has 0 spiro atoms. The van der Waals surface area contributed by atoms with Gasteiger partial charge in [-0.1, -0.05) is 41.9 Å². The molecule has 1 N–H and O–H groups in total.